The quantitative estimate of drug-likeness (QED) is 0.299. The van der Waals surface area contributed by atoms with Gasteiger partial charge in [-0.05, 0) is 98.8 Å². The Morgan fingerprint density at radius 1 is 0.923 bits per heavy atom. The minimum absolute atomic E-state index is 0.131. The van der Waals surface area contributed by atoms with Gasteiger partial charge in [0.25, 0.3) is 10.0 Å². The zero-order valence-electron chi connectivity index (χ0n) is 22.6. The Bertz CT molecular complexity index is 1310. The van der Waals surface area contributed by atoms with E-state index < -0.39 is 10.0 Å². The van der Waals surface area contributed by atoms with Crippen LogP contribution in [0.2, 0.25) is 0 Å². The van der Waals surface area contributed by atoms with E-state index >= 15 is 0 Å². The van der Waals surface area contributed by atoms with Crippen molar-refractivity contribution < 1.29 is 17.9 Å². The number of benzene rings is 3. The molecule has 0 bridgehead atoms. The molecule has 1 N–H and O–H groups in total. The minimum Gasteiger partial charge on any atom is -0.494 e. The molecule has 0 saturated carbocycles. The number of sulfonamides is 1. The van der Waals surface area contributed by atoms with Crippen LogP contribution >= 0.6 is 11.8 Å². The van der Waals surface area contributed by atoms with E-state index in [-0.39, 0.29) is 17.3 Å². The molecule has 1 fully saturated rings. The molecule has 4 rings (SSSR count). The first-order valence-electron chi connectivity index (χ1n) is 13.4. The van der Waals surface area contributed by atoms with Crippen LogP contribution in [-0.4, -0.2) is 51.7 Å². The molecule has 1 amide bonds. The number of nitrogens with zero attached hydrogens (tertiary/aromatic N) is 2. The molecule has 1 aliphatic rings. The number of carbonyl (C=O) groups is 1. The maximum Gasteiger partial charge on any atom is 0.264 e. The number of piperidine rings is 1. The third kappa shape index (κ3) is 8.00. The number of likely N-dealkylation sites (tertiary alicyclic amines) is 1. The highest BCUT2D eigenvalue weighted by Crippen LogP contribution is 2.27. The second kappa shape index (κ2) is 13.9. The number of nitrogens with one attached hydrogen (secondary N) is 1. The predicted molar refractivity (Wildman–Crippen MR) is 158 cm³/mol. The molecule has 3 aromatic carbocycles. The molecule has 0 aromatic heterocycles. The van der Waals surface area contributed by atoms with Crippen LogP contribution in [-0.2, 0) is 27.9 Å². The van der Waals surface area contributed by atoms with Gasteiger partial charge in [0.15, 0.2) is 0 Å². The van der Waals surface area contributed by atoms with E-state index in [9.17, 15) is 13.2 Å². The van der Waals surface area contributed by atoms with Gasteiger partial charge in [-0.3, -0.25) is 14.0 Å². The molecule has 0 radical (unpaired) electrons. The maximum atomic E-state index is 13.7. The summed E-state index contributed by atoms with van der Waals surface area (Å²) in [5, 5.41) is 2.89. The van der Waals surface area contributed by atoms with Crippen molar-refractivity contribution in [3.63, 3.8) is 0 Å². The van der Waals surface area contributed by atoms with Gasteiger partial charge < -0.3 is 10.1 Å². The Balaban J connectivity index is 1.45. The van der Waals surface area contributed by atoms with Gasteiger partial charge in [-0.25, -0.2) is 8.42 Å². The summed E-state index contributed by atoms with van der Waals surface area (Å²) in [5.74, 6) is 0.252. The lowest BCUT2D eigenvalue weighted by Crippen LogP contribution is -2.40. The topological polar surface area (TPSA) is 79.0 Å². The van der Waals surface area contributed by atoms with Gasteiger partial charge in [0.05, 0.1) is 17.2 Å². The molecule has 3 aromatic rings. The highest BCUT2D eigenvalue weighted by molar-refractivity contribution is 7.98. The number of carbonyl (C=O) groups excluding carboxylic acids is 1. The lowest BCUT2D eigenvalue weighted by molar-refractivity contribution is -0.119. The van der Waals surface area contributed by atoms with Crippen LogP contribution in [0.1, 0.15) is 37.3 Å². The molecule has 0 atom stereocenters. The molecule has 1 aliphatic heterocycles. The fraction of sp³-hybridized carbons (Fsp3) is 0.367. The smallest absolute Gasteiger partial charge is 0.264 e. The Labute approximate surface area is 236 Å². The fourth-order valence-electron chi connectivity index (χ4n) is 4.59. The van der Waals surface area contributed by atoms with E-state index in [0.29, 0.717) is 24.6 Å². The van der Waals surface area contributed by atoms with E-state index in [1.54, 1.807) is 48.5 Å². The van der Waals surface area contributed by atoms with Crippen molar-refractivity contribution in [3.05, 3.63) is 83.9 Å². The van der Waals surface area contributed by atoms with Crippen molar-refractivity contribution in [1.29, 1.82) is 0 Å². The molecule has 9 heteroatoms. The van der Waals surface area contributed by atoms with Gasteiger partial charge in [-0.2, -0.15) is 0 Å². The Morgan fingerprint density at radius 3 is 2.18 bits per heavy atom. The minimum atomic E-state index is -3.98. The Hall–Kier alpha value is -3.01. The third-order valence-corrected chi connectivity index (χ3v) is 9.27. The number of thioether (sulfide) groups is 1. The van der Waals surface area contributed by atoms with E-state index in [0.717, 1.165) is 34.4 Å². The summed E-state index contributed by atoms with van der Waals surface area (Å²) in [6, 6.07) is 21.7. The van der Waals surface area contributed by atoms with Gasteiger partial charge in [0, 0.05) is 18.0 Å². The number of amides is 1. The number of ether oxygens (including phenoxy) is 1. The SMILES string of the molecule is CCOc1ccc(N(CC(=O)NCc2ccc(CN3CCCCC3)cc2)S(=O)(=O)c2ccc(SC)cc2)cc1. The summed E-state index contributed by atoms with van der Waals surface area (Å²) in [6.45, 7) is 5.61. The van der Waals surface area contributed by atoms with Gasteiger partial charge in [-0.15, -0.1) is 11.8 Å². The monoisotopic (exact) mass is 567 g/mol. The van der Waals surface area contributed by atoms with Crippen LogP contribution < -0.4 is 14.4 Å². The second-order valence-electron chi connectivity index (χ2n) is 9.54. The first kappa shape index (κ1) is 29.0. The summed E-state index contributed by atoms with van der Waals surface area (Å²) in [6.07, 6.45) is 5.77. The summed E-state index contributed by atoms with van der Waals surface area (Å²) >= 11 is 1.53. The maximum absolute atomic E-state index is 13.7. The third-order valence-electron chi connectivity index (χ3n) is 6.74. The lowest BCUT2D eigenvalue weighted by atomic mass is 10.1. The molecular weight excluding hydrogens is 530 g/mol. The first-order chi connectivity index (χ1) is 18.9. The first-order valence-corrected chi connectivity index (χ1v) is 16.0. The number of hydrogen-bond acceptors (Lipinski definition) is 6. The average molecular weight is 568 g/mol. The van der Waals surface area contributed by atoms with Gasteiger partial charge in [0.2, 0.25) is 5.91 Å². The Kier molecular flexibility index (Phi) is 10.3. The number of anilines is 1. The fourth-order valence-corrected chi connectivity index (χ4v) is 6.42. The van der Waals surface area contributed by atoms with Crippen molar-refractivity contribution in [2.45, 2.75) is 49.1 Å². The van der Waals surface area contributed by atoms with Gasteiger partial charge >= 0.3 is 0 Å². The molecule has 0 spiro atoms. The van der Waals surface area contributed by atoms with E-state index in [1.807, 2.05) is 25.3 Å². The largest absolute Gasteiger partial charge is 0.494 e. The normalized spacial score (nSPS) is 14.1. The second-order valence-corrected chi connectivity index (χ2v) is 12.3. The van der Waals surface area contributed by atoms with Crippen LogP contribution in [0.4, 0.5) is 5.69 Å². The molecule has 0 unspecified atom stereocenters. The van der Waals surface area contributed by atoms with Crippen molar-refractivity contribution >= 4 is 33.4 Å². The van der Waals surface area contributed by atoms with Crippen molar-refractivity contribution in [1.82, 2.24) is 10.2 Å². The van der Waals surface area contributed by atoms with E-state index in [4.69, 9.17) is 4.74 Å². The van der Waals surface area contributed by atoms with Crippen molar-refractivity contribution in [3.8, 4) is 5.75 Å². The summed E-state index contributed by atoms with van der Waals surface area (Å²) in [5.41, 5.74) is 2.62. The van der Waals surface area contributed by atoms with Gasteiger partial charge in [-0.1, -0.05) is 30.7 Å². The van der Waals surface area contributed by atoms with E-state index in [2.05, 4.69) is 22.3 Å². The Morgan fingerprint density at radius 2 is 1.56 bits per heavy atom. The molecule has 0 aliphatic carbocycles. The van der Waals surface area contributed by atoms with Crippen molar-refractivity contribution in [2.75, 3.05) is 36.8 Å². The van der Waals surface area contributed by atoms with Crippen LogP contribution in [0.5, 0.6) is 5.75 Å². The zero-order chi connectivity index (χ0) is 27.7. The van der Waals surface area contributed by atoms with Crippen LogP contribution in [0.15, 0.2) is 82.6 Å². The highest BCUT2D eigenvalue weighted by Gasteiger charge is 2.27. The number of hydrogen-bond donors (Lipinski definition) is 1. The van der Waals surface area contributed by atoms with Crippen LogP contribution in [0, 0.1) is 0 Å². The van der Waals surface area contributed by atoms with Gasteiger partial charge in [0.1, 0.15) is 12.3 Å². The molecule has 1 heterocycles. The molecular formula is C30H37N3O4S2. The summed E-state index contributed by atoms with van der Waals surface area (Å²) in [4.78, 5) is 16.6. The summed E-state index contributed by atoms with van der Waals surface area (Å²) < 4.78 is 34.0. The standard InChI is InChI=1S/C30H37N3O4S2/c1-3-37-27-13-11-26(12-14-27)33(39(35,36)29-17-15-28(38-2)16-18-29)23-30(34)31-21-24-7-9-25(10-8-24)22-32-19-5-4-6-20-32/h7-18H,3-6,19-23H2,1-2H3,(H,31,34). The molecule has 39 heavy (non-hydrogen) atoms. The van der Waals surface area contributed by atoms with E-state index in [1.165, 1.54) is 36.6 Å². The van der Waals surface area contributed by atoms with Crippen LogP contribution in [0.3, 0.4) is 0 Å². The van der Waals surface area contributed by atoms with Crippen molar-refractivity contribution in [2.24, 2.45) is 0 Å². The lowest BCUT2D eigenvalue weighted by Gasteiger charge is -2.26. The number of rotatable bonds is 12. The highest BCUT2D eigenvalue weighted by atomic mass is 32.2. The molecule has 208 valence electrons. The zero-order valence-corrected chi connectivity index (χ0v) is 24.3. The molecule has 7 nitrogen and oxygen atoms in total. The summed E-state index contributed by atoms with van der Waals surface area (Å²) in [7, 11) is -3.98. The van der Waals surface area contributed by atoms with Crippen LogP contribution in [0.25, 0.3) is 0 Å². The predicted octanol–water partition coefficient (Wildman–Crippen LogP) is 5.30. The average Bonchev–Trinajstić information content (AvgIpc) is 2.97. The molecule has 1 saturated heterocycles.